The highest BCUT2D eigenvalue weighted by Gasteiger charge is 2.33. The number of rotatable bonds is 17. The molecule has 5 atom stereocenters. The van der Waals surface area contributed by atoms with Crippen molar-refractivity contribution in [1.82, 2.24) is 21.3 Å². The Morgan fingerprint density at radius 2 is 1.22 bits per heavy atom. The molecule has 10 N–H and O–H groups in total. The van der Waals surface area contributed by atoms with Crippen LogP contribution < -0.4 is 32.7 Å². The molecular formula is C26H38N6O9. The van der Waals surface area contributed by atoms with Crippen molar-refractivity contribution in [3.63, 3.8) is 0 Å². The number of amides is 5. The molecule has 1 aromatic carbocycles. The SMILES string of the molecule is CC(C)C[C@H](N)C(=O)N[C@@H](Cc1ccccc1)C(=O)N[C@@H](CC(=O)O)C(=O)N[C@@H](CC(N)=O)C(=O)N[C@@H](C)C(=O)O. The monoisotopic (exact) mass is 578 g/mol. The predicted molar refractivity (Wildman–Crippen MR) is 145 cm³/mol. The molecule has 0 bridgehead atoms. The second kappa shape index (κ2) is 16.5. The molecule has 0 unspecified atom stereocenters. The summed E-state index contributed by atoms with van der Waals surface area (Å²) in [6.45, 7) is 4.88. The molecule has 0 spiro atoms. The lowest BCUT2D eigenvalue weighted by Gasteiger charge is -2.25. The number of primary amides is 1. The molecule has 0 aliphatic carbocycles. The van der Waals surface area contributed by atoms with Gasteiger partial charge in [-0.2, -0.15) is 0 Å². The molecule has 15 nitrogen and oxygen atoms in total. The molecule has 0 aliphatic rings. The maximum atomic E-state index is 13.3. The molecule has 0 saturated carbocycles. The maximum absolute atomic E-state index is 13.3. The van der Waals surface area contributed by atoms with Crippen LogP contribution in [0.15, 0.2) is 30.3 Å². The summed E-state index contributed by atoms with van der Waals surface area (Å²) in [5, 5.41) is 27.4. The third kappa shape index (κ3) is 12.9. The number of carboxylic acid groups (broad SMARTS) is 2. The van der Waals surface area contributed by atoms with Gasteiger partial charge in [0.15, 0.2) is 0 Å². The van der Waals surface area contributed by atoms with Crippen LogP contribution in [0.4, 0.5) is 0 Å². The van der Waals surface area contributed by atoms with Gasteiger partial charge < -0.3 is 42.9 Å². The summed E-state index contributed by atoms with van der Waals surface area (Å²) in [6.07, 6.45) is -1.35. The van der Waals surface area contributed by atoms with Gasteiger partial charge in [-0.1, -0.05) is 44.2 Å². The molecule has 0 heterocycles. The second-order valence-electron chi connectivity index (χ2n) is 9.95. The van der Waals surface area contributed by atoms with Gasteiger partial charge in [0.2, 0.25) is 29.5 Å². The molecule has 0 saturated heterocycles. The van der Waals surface area contributed by atoms with Crippen molar-refractivity contribution >= 4 is 41.5 Å². The highest BCUT2D eigenvalue weighted by Crippen LogP contribution is 2.08. The normalized spacial score (nSPS) is 14.5. The van der Waals surface area contributed by atoms with Crippen molar-refractivity contribution < 1.29 is 43.8 Å². The number of nitrogens with one attached hydrogen (secondary N) is 4. The highest BCUT2D eigenvalue weighted by molar-refractivity contribution is 5.98. The van der Waals surface area contributed by atoms with E-state index < -0.39 is 84.5 Å². The van der Waals surface area contributed by atoms with E-state index in [0.717, 1.165) is 6.92 Å². The van der Waals surface area contributed by atoms with Gasteiger partial charge in [0.25, 0.3) is 0 Å². The van der Waals surface area contributed by atoms with Crippen LogP contribution in [0.1, 0.15) is 45.6 Å². The third-order valence-corrected chi connectivity index (χ3v) is 5.76. The van der Waals surface area contributed by atoms with Crippen LogP contribution >= 0.6 is 0 Å². The lowest BCUT2D eigenvalue weighted by atomic mass is 10.0. The van der Waals surface area contributed by atoms with Crippen molar-refractivity contribution in [2.45, 2.75) is 76.7 Å². The summed E-state index contributed by atoms with van der Waals surface area (Å²) < 4.78 is 0. The zero-order chi connectivity index (χ0) is 31.3. The van der Waals surface area contributed by atoms with E-state index in [4.69, 9.17) is 16.6 Å². The van der Waals surface area contributed by atoms with Crippen LogP contribution in [0.3, 0.4) is 0 Å². The van der Waals surface area contributed by atoms with E-state index in [1.165, 1.54) is 0 Å². The molecule has 15 heteroatoms. The first kappa shape index (κ1) is 34.5. The van der Waals surface area contributed by atoms with Gasteiger partial charge in [-0.15, -0.1) is 0 Å². The Balaban J connectivity index is 3.19. The number of hydrogen-bond donors (Lipinski definition) is 8. The number of carbonyl (C=O) groups excluding carboxylic acids is 5. The van der Waals surface area contributed by atoms with Crippen molar-refractivity contribution in [2.24, 2.45) is 17.4 Å². The van der Waals surface area contributed by atoms with Crippen molar-refractivity contribution in [1.29, 1.82) is 0 Å². The Morgan fingerprint density at radius 3 is 1.71 bits per heavy atom. The largest absolute Gasteiger partial charge is 0.481 e. The molecule has 1 aromatic rings. The number of nitrogens with two attached hydrogens (primary N) is 2. The zero-order valence-electron chi connectivity index (χ0n) is 23.1. The van der Waals surface area contributed by atoms with Crippen molar-refractivity contribution in [2.75, 3.05) is 0 Å². The van der Waals surface area contributed by atoms with Gasteiger partial charge in [0.05, 0.1) is 18.9 Å². The number of carbonyl (C=O) groups is 7. The van der Waals surface area contributed by atoms with E-state index in [1.54, 1.807) is 30.3 Å². The number of carboxylic acids is 2. The molecule has 1 rings (SSSR count). The quantitative estimate of drug-likeness (QED) is 0.101. The summed E-state index contributed by atoms with van der Waals surface area (Å²) in [5.74, 6) is -7.57. The Bertz CT molecular complexity index is 1110. The van der Waals surface area contributed by atoms with Gasteiger partial charge in [-0.3, -0.25) is 33.6 Å². The predicted octanol–water partition coefficient (Wildman–Crippen LogP) is -2.00. The van der Waals surface area contributed by atoms with E-state index in [0.29, 0.717) is 12.0 Å². The van der Waals surface area contributed by atoms with Crippen LogP contribution in [-0.2, 0) is 40.0 Å². The molecule has 0 fully saturated rings. The van der Waals surface area contributed by atoms with Gasteiger partial charge in [0.1, 0.15) is 24.2 Å². The first-order chi connectivity index (χ1) is 19.1. The van der Waals surface area contributed by atoms with Gasteiger partial charge >= 0.3 is 11.9 Å². The second-order valence-corrected chi connectivity index (χ2v) is 9.95. The molecule has 0 aliphatic heterocycles. The summed E-state index contributed by atoms with van der Waals surface area (Å²) in [5.41, 5.74) is 11.7. The minimum absolute atomic E-state index is 0.0198. The lowest BCUT2D eigenvalue weighted by molar-refractivity contribution is -0.143. The zero-order valence-corrected chi connectivity index (χ0v) is 23.1. The fourth-order valence-corrected chi connectivity index (χ4v) is 3.67. The average Bonchev–Trinajstić information content (AvgIpc) is 2.86. The van der Waals surface area contributed by atoms with Crippen LogP contribution in [0, 0.1) is 5.92 Å². The standard InChI is InChI=1S/C26H38N6O9/c1-13(2)9-16(27)22(36)30-17(10-15-7-5-4-6-8-15)24(38)32-19(12-21(34)35)25(39)31-18(11-20(28)33)23(37)29-14(3)26(40)41/h4-8,13-14,16-19H,9-12,27H2,1-3H3,(H2,28,33)(H,29,37)(H,30,36)(H,31,39)(H,32,38)(H,34,35)(H,40,41)/t14-,16-,17-,18-,19-/m0/s1. The summed E-state index contributed by atoms with van der Waals surface area (Å²) in [6, 6.07) is 1.60. The van der Waals surface area contributed by atoms with Gasteiger partial charge in [-0.25, -0.2) is 0 Å². The van der Waals surface area contributed by atoms with E-state index in [9.17, 15) is 38.7 Å². The van der Waals surface area contributed by atoms with Crippen LogP contribution in [0.2, 0.25) is 0 Å². The smallest absolute Gasteiger partial charge is 0.325 e. The first-order valence-corrected chi connectivity index (χ1v) is 12.8. The number of benzene rings is 1. The Hall–Kier alpha value is -4.53. The Labute approximate surface area is 236 Å². The third-order valence-electron chi connectivity index (χ3n) is 5.76. The Morgan fingerprint density at radius 1 is 0.732 bits per heavy atom. The van der Waals surface area contributed by atoms with E-state index in [1.807, 2.05) is 13.8 Å². The van der Waals surface area contributed by atoms with Crippen LogP contribution in [0.5, 0.6) is 0 Å². The number of hydrogen-bond acceptors (Lipinski definition) is 8. The topological polar surface area (TPSA) is 260 Å². The van der Waals surface area contributed by atoms with E-state index in [-0.39, 0.29) is 12.3 Å². The Kier molecular flexibility index (Phi) is 13.9. The minimum Gasteiger partial charge on any atom is -0.481 e. The molecule has 5 amide bonds. The lowest BCUT2D eigenvalue weighted by Crippen LogP contribution is -2.59. The van der Waals surface area contributed by atoms with E-state index >= 15 is 0 Å². The van der Waals surface area contributed by atoms with E-state index in [2.05, 4.69) is 21.3 Å². The fraction of sp³-hybridized carbons (Fsp3) is 0.500. The van der Waals surface area contributed by atoms with Crippen molar-refractivity contribution in [3.8, 4) is 0 Å². The minimum atomic E-state index is -1.75. The number of aliphatic carboxylic acids is 2. The first-order valence-electron chi connectivity index (χ1n) is 12.8. The van der Waals surface area contributed by atoms with Crippen molar-refractivity contribution in [3.05, 3.63) is 35.9 Å². The fourth-order valence-electron chi connectivity index (χ4n) is 3.67. The van der Waals surface area contributed by atoms with Gasteiger partial charge in [0, 0.05) is 6.42 Å². The summed E-state index contributed by atoms with van der Waals surface area (Å²) >= 11 is 0. The highest BCUT2D eigenvalue weighted by atomic mass is 16.4. The van der Waals surface area contributed by atoms with Gasteiger partial charge in [-0.05, 0) is 24.8 Å². The molecular weight excluding hydrogens is 540 g/mol. The summed E-state index contributed by atoms with van der Waals surface area (Å²) in [4.78, 5) is 85.6. The molecule has 41 heavy (non-hydrogen) atoms. The average molecular weight is 579 g/mol. The summed E-state index contributed by atoms with van der Waals surface area (Å²) in [7, 11) is 0. The molecule has 0 radical (unpaired) electrons. The molecule has 0 aromatic heterocycles. The maximum Gasteiger partial charge on any atom is 0.325 e. The van der Waals surface area contributed by atoms with Crippen LogP contribution in [-0.4, -0.2) is 81.9 Å². The van der Waals surface area contributed by atoms with Crippen LogP contribution in [0.25, 0.3) is 0 Å². The molecule has 226 valence electrons.